The molecule has 0 heterocycles. The van der Waals surface area contributed by atoms with E-state index in [4.69, 9.17) is 16.3 Å². The quantitative estimate of drug-likeness (QED) is 0.341. The van der Waals surface area contributed by atoms with E-state index in [9.17, 15) is 9.59 Å². The summed E-state index contributed by atoms with van der Waals surface area (Å²) in [5.41, 5.74) is 1.88. The number of nitrogens with one attached hydrogen (secondary N) is 1. The van der Waals surface area contributed by atoms with Gasteiger partial charge in [-0.3, -0.25) is 9.59 Å². The Balaban J connectivity index is 1.91. The maximum Gasteiger partial charge on any atom is 0.243 e. The number of carbonyl (C=O) groups is 2. The Morgan fingerprint density at radius 2 is 1.66 bits per heavy atom. The van der Waals surface area contributed by atoms with Gasteiger partial charge in [-0.25, -0.2) is 0 Å². The highest BCUT2D eigenvalue weighted by atomic mass is 35.5. The van der Waals surface area contributed by atoms with Crippen LogP contribution in [0, 0.1) is 0 Å². The minimum Gasteiger partial charge on any atom is -0.497 e. The highest BCUT2D eigenvalue weighted by Gasteiger charge is 2.30. The van der Waals surface area contributed by atoms with Crippen molar-refractivity contribution in [3.05, 3.63) is 95.0 Å². The van der Waals surface area contributed by atoms with Crippen LogP contribution in [0.1, 0.15) is 25.0 Å². The van der Waals surface area contributed by atoms with Crippen LogP contribution in [0.3, 0.4) is 0 Å². The van der Waals surface area contributed by atoms with Crippen molar-refractivity contribution in [3.63, 3.8) is 0 Å². The molecule has 184 valence electrons. The molecule has 35 heavy (non-hydrogen) atoms. The minimum atomic E-state index is -0.663. The zero-order valence-corrected chi connectivity index (χ0v) is 21.8. The standard InChI is InChI=1S/C28H31ClN2O3S/c1-20(2)30-28(33)26(17-21-8-5-4-6-9-21)31(18-22-10-7-11-24(16-22)34-3)27(32)19-35-25-14-12-23(29)13-15-25/h4-16,20,26H,17-19H2,1-3H3,(H,30,33)/t26-/m1/s1. The van der Waals surface area contributed by atoms with Crippen molar-refractivity contribution in [2.45, 2.75) is 43.8 Å². The molecule has 2 amide bonds. The molecule has 0 aliphatic carbocycles. The highest BCUT2D eigenvalue weighted by molar-refractivity contribution is 8.00. The molecule has 1 atom stereocenters. The number of benzene rings is 3. The average molecular weight is 511 g/mol. The first-order valence-corrected chi connectivity index (χ1v) is 12.9. The molecule has 0 radical (unpaired) electrons. The monoisotopic (exact) mass is 510 g/mol. The number of amides is 2. The van der Waals surface area contributed by atoms with Crippen LogP contribution < -0.4 is 10.1 Å². The van der Waals surface area contributed by atoms with Crippen molar-refractivity contribution in [2.24, 2.45) is 0 Å². The summed E-state index contributed by atoms with van der Waals surface area (Å²) in [6.45, 7) is 4.13. The lowest BCUT2D eigenvalue weighted by Gasteiger charge is -2.32. The van der Waals surface area contributed by atoms with E-state index in [-0.39, 0.29) is 23.6 Å². The third kappa shape index (κ3) is 8.34. The fraction of sp³-hybridized carbons (Fsp3) is 0.286. The van der Waals surface area contributed by atoms with Crippen molar-refractivity contribution in [1.29, 1.82) is 0 Å². The van der Waals surface area contributed by atoms with Gasteiger partial charge in [-0.05, 0) is 61.4 Å². The van der Waals surface area contributed by atoms with Crippen LogP contribution in [0.15, 0.2) is 83.8 Å². The molecule has 0 spiro atoms. The smallest absolute Gasteiger partial charge is 0.243 e. The summed E-state index contributed by atoms with van der Waals surface area (Å²) in [7, 11) is 1.61. The van der Waals surface area contributed by atoms with Crippen molar-refractivity contribution in [3.8, 4) is 5.75 Å². The van der Waals surface area contributed by atoms with E-state index in [0.29, 0.717) is 23.7 Å². The lowest BCUT2D eigenvalue weighted by molar-refractivity contribution is -0.139. The Kier molecular flexibility index (Phi) is 10.1. The zero-order valence-electron chi connectivity index (χ0n) is 20.2. The van der Waals surface area contributed by atoms with E-state index >= 15 is 0 Å². The molecule has 0 bridgehead atoms. The summed E-state index contributed by atoms with van der Waals surface area (Å²) >= 11 is 7.42. The van der Waals surface area contributed by atoms with Gasteiger partial charge in [-0.2, -0.15) is 0 Å². The summed E-state index contributed by atoms with van der Waals surface area (Å²) in [6.07, 6.45) is 0.417. The lowest BCUT2D eigenvalue weighted by Crippen LogP contribution is -2.52. The molecular weight excluding hydrogens is 480 g/mol. The Hall–Kier alpha value is -2.96. The van der Waals surface area contributed by atoms with Crippen LogP contribution in [0.25, 0.3) is 0 Å². The van der Waals surface area contributed by atoms with E-state index in [0.717, 1.165) is 16.0 Å². The maximum absolute atomic E-state index is 13.6. The second kappa shape index (κ2) is 13.2. The van der Waals surface area contributed by atoms with Gasteiger partial charge in [0.2, 0.25) is 11.8 Å². The number of carbonyl (C=O) groups excluding carboxylic acids is 2. The third-order valence-corrected chi connectivity index (χ3v) is 6.61. The van der Waals surface area contributed by atoms with Crippen molar-refractivity contribution >= 4 is 35.2 Å². The van der Waals surface area contributed by atoms with Gasteiger partial charge in [0.1, 0.15) is 11.8 Å². The van der Waals surface area contributed by atoms with Crippen LogP contribution in [0.5, 0.6) is 5.75 Å². The van der Waals surface area contributed by atoms with E-state index < -0.39 is 6.04 Å². The molecule has 7 heteroatoms. The Bertz CT molecular complexity index is 1110. The number of thioether (sulfide) groups is 1. The SMILES string of the molecule is COc1cccc(CN(C(=O)CSc2ccc(Cl)cc2)[C@H](Cc2ccccc2)C(=O)NC(C)C)c1. The molecule has 0 fully saturated rings. The van der Waals surface area contributed by atoms with Crippen LogP contribution in [0.4, 0.5) is 0 Å². The predicted octanol–water partition coefficient (Wildman–Crippen LogP) is 5.61. The molecule has 0 unspecified atom stereocenters. The molecule has 1 N–H and O–H groups in total. The lowest BCUT2D eigenvalue weighted by atomic mass is 10.0. The second-order valence-electron chi connectivity index (χ2n) is 8.48. The first-order chi connectivity index (χ1) is 16.9. The number of hydrogen-bond acceptors (Lipinski definition) is 4. The third-order valence-electron chi connectivity index (χ3n) is 5.37. The van der Waals surface area contributed by atoms with Gasteiger partial charge < -0.3 is 15.0 Å². The normalized spacial score (nSPS) is 11.7. The van der Waals surface area contributed by atoms with Crippen molar-refractivity contribution in [1.82, 2.24) is 10.2 Å². The molecule has 0 aliphatic heterocycles. The first kappa shape index (κ1) is 26.6. The van der Waals surface area contributed by atoms with Gasteiger partial charge >= 0.3 is 0 Å². The molecule has 0 saturated heterocycles. The topological polar surface area (TPSA) is 58.6 Å². The molecule has 3 aromatic rings. The maximum atomic E-state index is 13.6. The molecule has 3 rings (SSSR count). The summed E-state index contributed by atoms with van der Waals surface area (Å²) in [5.74, 6) is 0.618. The number of hydrogen-bond donors (Lipinski definition) is 1. The fourth-order valence-electron chi connectivity index (χ4n) is 3.66. The summed E-state index contributed by atoms with van der Waals surface area (Å²) in [4.78, 5) is 29.6. The van der Waals surface area contributed by atoms with Crippen molar-refractivity contribution < 1.29 is 14.3 Å². The predicted molar refractivity (Wildman–Crippen MR) is 143 cm³/mol. The number of nitrogens with zero attached hydrogens (tertiary/aromatic N) is 1. The van der Waals surface area contributed by atoms with Gasteiger partial charge in [-0.1, -0.05) is 54.1 Å². The largest absolute Gasteiger partial charge is 0.497 e. The molecular formula is C28H31ClN2O3S. The number of rotatable bonds is 11. The van der Waals surface area contributed by atoms with Gasteiger partial charge in [-0.15, -0.1) is 11.8 Å². The van der Waals surface area contributed by atoms with Crippen molar-refractivity contribution in [2.75, 3.05) is 12.9 Å². The fourth-order valence-corrected chi connectivity index (χ4v) is 4.57. The molecule has 0 aliphatic rings. The minimum absolute atomic E-state index is 0.0435. The summed E-state index contributed by atoms with van der Waals surface area (Å²) < 4.78 is 5.37. The van der Waals surface area contributed by atoms with Crippen LogP contribution in [-0.4, -0.2) is 41.7 Å². The Labute approximate surface area is 216 Å². The van der Waals surface area contributed by atoms with Crippen LogP contribution >= 0.6 is 23.4 Å². The van der Waals surface area contributed by atoms with Gasteiger partial charge in [0.05, 0.1) is 12.9 Å². The second-order valence-corrected chi connectivity index (χ2v) is 9.97. The number of ether oxygens (including phenoxy) is 1. The van der Waals surface area contributed by atoms with E-state index in [1.807, 2.05) is 80.6 Å². The number of halogens is 1. The van der Waals surface area contributed by atoms with E-state index in [1.165, 1.54) is 11.8 Å². The van der Waals surface area contributed by atoms with Crippen LogP contribution in [-0.2, 0) is 22.6 Å². The molecule has 0 aromatic heterocycles. The Morgan fingerprint density at radius 1 is 0.971 bits per heavy atom. The summed E-state index contributed by atoms with van der Waals surface area (Å²) in [6, 6.07) is 24.0. The molecule has 0 saturated carbocycles. The first-order valence-electron chi connectivity index (χ1n) is 11.5. The average Bonchev–Trinajstić information content (AvgIpc) is 2.86. The molecule has 5 nitrogen and oxygen atoms in total. The van der Waals surface area contributed by atoms with Gasteiger partial charge in [0.25, 0.3) is 0 Å². The Morgan fingerprint density at radius 3 is 2.31 bits per heavy atom. The van der Waals surface area contributed by atoms with E-state index in [2.05, 4.69) is 5.32 Å². The molecule has 3 aromatic carbocycles. The van der Waals surface area contributed by atoms with Crippen LogP contribution in [0.2, 0.25) is 5.02 Å². The number of methoxy groups -OCH3 is 1. The van der Waals surface area contributed by atoms with E-state index in [1.54, 1.807) is 24.1 Å². The zero-order chi connectivity index (χ0) is 25.2. The van der Waals surface area contributed by atoms with Gasteiger partial charge in [0.15, 0.2) is 0 Å². The highest BCUT2D eigenvalue weighted by Crippen LogP contribution is 2.23. The van der Waals surface area contributed by atoms with Gasteiger partial charge in [0, 0.05) is 28.9 Å². The summed E-state index contributed by atoms with van der Waals surface area (Å²) in [5, 5.41) is 3.65.